The van der Waals surface area contributed by atoms with Gasteiger partial charge in [0.15, 0.2) is 11.6 Å². The largest absolute Gasteiger partial charge is 0.460 e. The molecule has 0 unspecified atom stereocenters. The Labute approximate surface area is 145 Å². The minimum absolute atomic E-state index is 0.0282. The summed E-state index contributed by atoms with van der Waals surface area (Å²) in [6.07, 6.45) is 1.99. The van der Waals surface area contributed by atoms with Crippen molar-refractivity contribution < 1.29 is 27.4 Å². The highest BCUT2D eigenvalue weighted by atomic mass is 19.2. The molecule has 1 aliphatic rings. The molecule has 6 heteroatoms. The molecule has 0 aromatic heterocycles. The number of allylic oxidation sites excluding steroid dienone is 2. The van der Waals surface area contributed by atoms with Crippen LogP contribution in [0.25, 0.3) is 0 Å². The molecule has 0 amide bonds. The van der Waals surface area contributed by atoms with Crippen molar-refractivity contribution in [3.63, 3.8) is 0 Å². The van der Waals surface area contributed by atoms with Gasteiger partial charge >= 0.3 is 5.97 Å². The lowest BCUT2D eigenvalue weighted by atomic mass is 10.1. The highest BCUT2D eigenvalue weighted by molar-refractivity contribution is 5.78. The summed E-state index contributed by atoms with van der Waals surface area (Å²) in [7, 11) is 1.30. The fourth-order valence-electron chi connectivity index (χ4n) is 3.11. The zero-order valence-corrected chi connectivity index (χ0v) is 15.1. The molecule has 25 heavy (non-hydrogen) atoms. The van der Waals surface area contributed by atoms with Gasteiger partial charge in [0.1, 0.15) is 12.4 Å². The predicted octanol–water partition coefficient (Wildman–Crippen LogP) is 4.53. The smallest absolute Gasteiger partial charge is 0.310 e. The third-order valence-corrected chi connectivity index (χ3v) is 4.66. The Hall–Kier alpha value is -1.82. The van der Waals surface area contributed by atoms with Crippen LogP contribution in [0.1, 0.15) is 38.8 Å². The monoisotopic (exact) mass is 356 g/mol. The molecule has 0 N–H and O–H groups in total. The molecule has 0 heterocycles. The Morgan fingerprint density at radius 1 is 1.20 bits per heavy atom. The normalized spacial score (nSPS) is 21.0. The number of hydrogen-bond donors (Lipinski definition) is 0. The zero-order chi connectivity index (χ0) is 18.9. The zero-order valence-electron chi connectivity index (χ0n) is 15.1. The molecule has 2 atom stereocenters. The number of benzene rings is 1. The van der Waals surface area contributed by atoms with Gasteiger partial charge < -0.3 is 9.47 Å². The van der Waals surface area contributed by atoms with Crippen molar-refractivity contribution in [2.45, 2.75) is 40.9 Å². The van der Waals surface area contributed by atoms with Crippen molar-refractivity contribution in [2.24, 2.45) is 17.3 Å². The summed E-state index contributed by atoms with van der Waals surface area (Å²) in [5.74, 6) is -4.38. The van der Waals surface area contributed by atoms with Crippen molar-refractivity contribution in [1.82, 2.24) is 0 Å². The maximum atomic E-state index is 14.0. The van der Waals surface area contributed by atoms with E-state index in [-0.39, 0.29) is 29.4 Å². The van der Waals surface area contributed by atoms with Crippen LogP contribution >= 0.6 is 0 Å². The Kier molecular flexibility index (Phi) is 5.62. The fourth-order valence-corrected chi connectivity index (χ4v) is 3.11. The third-order valence-electron chi connectivity index (χ3n) is 4.66. The van der Waals surface area contributed by atoms with Crippen LogP contribution in [0, 0.1) is 34.7 Å². The molecule has 0 spiro atoms. The van der Waals surface area contributed by atoms with Gasteiger partial charge in [-0.25, -0.2) is 13.2 Å². The highest BCUT2D eigenvalue weighted by Crippen LogP contribution is 2.59. The van der Waals surface area contributed by atoms with Crippen molar-refractivity contribution in [1.29, 1.82) is 0 Å². The van der Waals surface area contributed by atoms with E-state index in [1.807, 2.05) is 33.8 Å². The number of halogens is 3. The van der Waals surface area contributed by atoms with E-state index in [2.05, 4.69) is 0 Å². The molecule has 0 aliphatic heterocycles. The SMILES string of the molecule is COCc1cc(F)c(COC(=O)[C@@H]2[C@@H](C=C(C)C)C2(C)C)c(F)c1F. The molecule has 1 fully saturated rings. The number of carbonyl (C=O) groups excluding carboxylic acids is 1. The summed E-state index contributed by atoms with van der Waals surface area (Å²) < 4.78 is 51.7. The first kappa shape index (κ1) is 19.5. The van der Waals surface area contributed by atoms with Gasteiger partial charge in [-0.2, -0.15) is 0 Å². The van der Waals surface area contributed by atoms with Crippen LogP contribution < -0.4 is 0 Å². The number of esters is 1. The lowest BCUT2D eigenvalue weighted by Crippen LogP contribution is -2.13. The van der Waals surface area contributed by atoms with Crippen LogP contribution in [0.2, 0.25) is 0 Å². The Morgan fingerprint density at radius 2 is 1.84 bits per heavy atom. The summed E-state index contributed by atoms with van der Waals surface area (Å²) in [5.41, 5.74) is 0.00246. The molecule has 3 nitrogen and oxygen atoms in total. The fraction of sp³-hybridized carbons (Fsp3) is 0.526. The van der Waals surface area contributed by atoms with Gasteiger partial charge in [-0.3, -0.25) is 4.79 Å². The van der Waals surface area contributed by atoms with E-state index in [0.717, 1.165) is 11.6 Å². The second-order valence-corrected chi connectivity index (χ2v) is 7.23. The summed E-state index contributed by atoms with van der Waals surface area (Å²) >= 11 is 0. The molecule has 1 aromatic rings. The molecule has 2 rings (SSSR count). The van der Waals surface area contributed by atoms with Gasteiger partial charge in [-0.1, -0.05) is 25.5 Å². The average Bonchev–Trinajstić information content (AvgIpc) is 3.04. The lowest BCUT2D eigenvalue weighted by molar-refractivity contribution is -0.147. The van der Waals surface area contributed by atoms with E-state index in [4.69, 9.17) is 9.47 Å². The molecule has 1 saturated carbocycles. The standard InChI is InChI=1S/C19H23F3O3/c1-10(2)6-13-15(19(13,3)4)18(23)25-9-12-14(20)7-11(8-24-5)16(21)17(12)22/h6-7,13,15H,8-9H2,1-5H3/t13-,15+/m1/s1. The first-order valence-electron chi connectivity index (χ1n) is 8.07. The molecular weight excluding hydrogens is 333 g/mol. The van der Waals surface area contributed by atoms with Gasteiger partial charge in [-0.05, 0) is 31.2 Å². The van der Waals surface area contributed by atoms with Gasteiger partial charge in [0.25, 0.3) is 0 Å². The molecule has 1 aliphatic carbocycles. The van der Waals surface area contributed by atoms with E-state index in [0.29, 0.717) is 0 Å². The summed E-state index contributed by atoms with van der Waals surface area (Å²) in [6.45, 7) is 6.85. The van der Waals surface area contributed by atoms with Crippen LogP contribution in [-0.2, 0) is 27.5 Å². The first-order valence-corrected chi connectivity index (χ1v) is 8.07. The number of carbonyl (C=O) groups is 1. The van der Waals surface area contributed by atoms with Crippen molar-refractivity contribution in [3.8, 4) is 0 Å². The van der Waals surface area contributed by atoms with Crippen molar-refractivity contribution in [2.75, 3.05) is 7.11 Å². The van der Waals surface area contributed by atoms with Crippen molar-refractivity contribution in [3.05, 3.63) is 46.3 Å². The van der Waals surface area contributed by atoms with E-state index in [1.54, 1.807) is 0 Å². The minimum Gasteiger partial charge on any atom is -0.460 e. The van der Waals surface area contributed by atoms with Crippen LogP contribution in [0.15, 0.2) is 17.7 Å². The Bertz CT molecular complexity index is 706. The van der Waals surface area contributed by atoms with Crippen LogP contribution in [-0.4, -0.2) is 13.1 Å². The highest BCUT2D eigenvalue weighted by Gasteiger charge is 2.61. The second kappa shape index (κ2) is 7.20. The lowest BCUT2D eigenvalue weighted by Gasteiger charge is -2.11. The Balaban J connectivity index is 2.11. The molecule has 0 radical (unpaired) electrons. The predicted molar refractivity (Wildman–Crippen MR) is 87.0 cm³/mol. The number of methoxy groups -OCH3 is 1. The van der Waals surface area contributed by atoms with E-state index in [9.17, 15) is 18.0 Å². The molecular formula is C19H23F3O3. The molecule has 138 valence electrons. The van der Waals surface area contributed by atoms with Crippen molar-refractivity contribution >= 4 is 5.97 Å². The van der Waals surface area contributed by atoms with E-state index >= 15 is 0 Å². The molecule has 1 aromatic carbocycles. The molecule has 0 bridgehead atoms. The van der Waals surface area contributed by atoms with Gasteiger partial charge in [0.05, 0.1) is 18.1 Å². The van der Waals surface area contributed by atoms with Gasteiger partial charge in [-0.15, -0.1) is 0 Å². The van der Waals surface area contributed by atoms with Crippen LogP contribution in [0.4, 0.5) is 13.2 Å². The summed E-state index contributed by atoms with van der Waals surface area (Å²) in [6, 6.07) is 0.859. The van der Waals surface area contributed by atoms with Crippen LogP contribution in [0.3, 0.4) is 0 Å². The summed E-state index contributed by atoms with van der Waals surface area (Å²) in [5, 5.41) is 0. The second-order valence-electron chi connectivity index (χ2n) is 7.23. The number of hydrogen-bond acceptors (Lipinski definition) is 3. The third kappa shape index (κ3) is 3.89. The Morgan fingerprint density at radius 3 is 2.40 bits per heavy atom. The van der Waals surface area contributed by atoms with E-state index in [1.165, 1.54) is 7.11 Å². The maximum Gasteiger partial charge on any atom is 0.310 e. The topological polar surface area (TPSA) is 35.5 Å². The average molecular weight is 356 g/mol. The minimum atomic E-state index is -1.35. The van der Waals surface area contributed by atoms with Gasteiger partial charge in [0.2, 0.25) is 0 Å². The summed E-state index contributed by atoms with van der Waals surface area (Å²) in [4.78, 5) is 12.3. The number of rotatable bonds is 6. The van der Waals surface area contributed by atoms with E-state index < -0.39 is 35.6 Å². The van der Waals surface area contributed by atoms with Gasteiger partial charge in [0, 0.05) is 12.7 Å². The number of ether oxygens (including phenoxy) is 2. The molecule has 0 saturated heterocycles. The first-order chi connectivity index (χ1) is 11.6. The maximum absolute atomic E-state index is 14.0. The van der Waals surface area contributed by atoms with Crippen LogP contribution in [0.5, 0.6) is 0 Å². The quantitative estimate of drug-likeness (QED) is 0.427.